The van der Waals surface area contributed by atoms with E-state index in [2.05, 4.69) is 26.2 Å². The number of hydrogen-bond acceptors (Lipinski definition) is 6. The third-order valence-electron chi connectivity index (χ3n) is 7.16. The predicted octanol–water partition coefficient (Wildman–Crippen LogP) is 3.94. The standard InChI is InChI=1S/C30H33BrN4O4/c1-21(39-29(38)30(2)24-14-8-7-11-22(24)16-18-34(30)3)20-35(23-12-5-4-6-13-23)28(37)26(19-31)33-27(36)25-15-9-10-17-32-25/h4-15,17,21,26H,16,18-20H2,1-3H3,(H,33,36). The van der Waals surface area contributed by atoms with Crippen LogP contribution in [0, 0.1) is 0 Å². The SMILES string of the molecule is CC(CN(C(=O)C(CBr)NC(=O)c1ccccn1)c1ccccc1)OC(=O)C1(C)c2ccccc2CCN1C. The molecule has 0 bridgehead atoms. The second-order valence-corrected chi connectivity index (χ2v) is 10.4. The topological polar surface area (TPSA) is 91.8 Å². The van der Waals surface area contributed by atoms with Crippen LogP contribution in [-0.4, -0.2) is 65.3 Å². The summed E-state index contributed by atoms with van der Waals surface area (Å²) in [6.45, 7) is 4.50. The number of rotatable bonds is 9. The van der Waals surface area contributed by atoms with Crippen LogP contribution in [0.3, 0.4) is 0 Å². The van der Waals surface area contributed by atoms with Gasteiger partial charge in [0, 0.05) is 23.8 Å². The van der Waals surface area contributed by atoms with Crippen molar-refractivity contribution in [2.75, 3.05) is 30.4 Å². The molecule has 0 aliphatic carbocycles. The number of benzene rings is 2. The lowest BCUT2D eigenvalue weighted by molar-refractivity contribution is -0.162. The maximum atomic E-state index is 13.8. The maximum Gasteiger partial charge on any atom is 0.331 e. The van der Waals surface area contributed by atoms with Gasteiger partial charge in [0.1, 0.15) is 23.4 Å². The van der Waals surface area contributed by atoms with Crippen molar-refractivity contribution in [1.29, 1.82) is 0 Å². The largest absolute Gasteiger partial charge is 0.459 e. The van der Waals surface area contributed by atoms with Gasteiger partial charge in [-0.25, -0.2) is 4.79 Å². The number of halogens is 1. The first kappa shape index (κ1) is 28.4. The number of nitrogens with one attached hydrogen (secondary N) is 1. The summed E-state index contributed by atoms with van der Waals surface area (Å²) in [5, 5.41) is 2.96. The number of esters is 1. The zero-order valence-electron chi connectivity index (χ0n) is 22.3. The molecule has 3 unspecified atom stereocenters. The van der Waals surface area contributed by atoms with E-state index in [4.69, 9.17) is 4.74 Å². The lowest BCUT2D eigenvalue weighted by atomic mass is 9.82. The highest BCUT2D eigenvalue weighted by molar-refractivity contribution is 9.09. The van der Waals surface area contributed by atoms with E-state index in [1.807, 2.05) is 73.5 Å². The number of carbonyl (C=O) groups is 3. The Bertz CT molecular complexity index is 1310. The lowest BCUT2D eigenvalue weighted by Crippen LogP contribution is -2.54. The first-order valence-electron chi connectivity index (χ1n) is 12.9. The highest BCUT2D eigenvalue weighted by atomic mass is 79.9. The van der Waals surface area contributed by atoms with Crippen molar-refractivity contribution < 1.29 is 19.1 Å². The van der Waals surface area contributed by atoms with Crippen molar-refractivity contribution in [1.82, 2.24) is 15.2 Å². The molecule has 3 atom stereocenters. The highest BCUT2D eigenvalue weighted by Gasteiger charge is 2.45. The molecule has 3 aromatic rings. The van der Waals surface area contributed by atoms with Gasteiger partial charge in [0.05, 0.1) is 6.54 Å². The van der Waals surface area contributed by atoms with Gasteiger partial charge in [0.25, 0.3) is 11.8 Å². The fourth-order valence-electron chi connectivity index (χ4n) is 4.80. The summed E-state index contributed by atoms with van der Waals surface area (Å²) in [4.78, 5) is 47.8. The van der Waals surface area contributed by atoms with Crippen LogP contribution in [-0.2, 0) is 26.3 Å². The summed E-state index contributed by atoms with van der Waals surface area (Å²) in [6.07, 6.45) is 1.76. The van der Waals surface area contributed by atoms with E-state index in [0.717, 1.165) is 24.1 Å². The maximum absolute atomic E-state index is 13.8. The molecule has 2 aromatic carbocycles. The van der Waals surface area contributed by atoms with E-state index in [9.17, 15) is 14.4 Å². The number of alkyl halides is 1. The quantitative estimate of drug-likeness (QED) is 0.299. The summed E-state index contributed by atoms with van der Waals surface area (Å²) in [5.74, 6) is -1.16. The fraction of sp³-hybridized carbons (Fsp3) is 0.333. The molecule has 39 heavy (non-hydrogen) atoms. The molecule has 9 heteroatoms. The summed E-state index contributed by atoms with van der Waals surface area (Å²) >= 11 is 3.37. The minimum Gasteiger partial charge on any atom is -0.459 e. The molecular formula is C30H33BrN4O4. The van der Waals surface area contributed by atoms with E-state index in [1.54, 1.807) is 30.0 Å². The van der Waals surface area contributed by atoms with Crippen LogP contribution in [0.4, 0.5) is 5.69 Å². The molecule has 8 nitrogen and oxygen atoms in total. The first-order chi connectivity index (χ1) is 18.8. The minimum absolute atomic E-state index is 0.110. The van der Waals surface area contributed by atoms with Crippen molar-refractivity contribution in [2.45, 2.75) is 38.0 Å². The van der Waals surface area contributed by atoms with E-state index >= 15 is 0 Å². The minimum atomic E-state index is -0.945. The van der Waals surface area contributed by atoms with E-state index < -0.39 is 23.6 Å². The molecule has 0 fully saturated rings. The summed E-state index contributed by atoms with van der Waals surface area (Å²) in [5.41, 5.74) is 1.97. The van der Waals surface area contributed by atoms with Crippen molar-refractivity contribution in [3.05, 3.63) is 95.8 Å². The van der Waals surface area contributed by atoms with Gasteiger partial charge in [0.15, 0.2) is 0 Å². The van der Waals surface area contributed by atoms with Crippen LogP contribution in [0.2, 0.25) is 0 Å². The zero-order valence-corrected chi connectivity index (χ0v) is 23.9. The lowest BCUT2D eigenvalue weighted by Gasteiger charge is -2.42. The number of para-hydroxylation sites is 1. The van der Waals surface area contributed by atoms with Crippen molar-refractivity contribution in [3.63, 3.8) is 0 Å². The summed E-state index contributed by atoms with van der Waals surface area (Å²) in [6, 6.07) is 21.2. The number of hydrogen-bond donors (Lipinski definition) is 1. The fourth-order valence-corrected chi connectivity index (χ4v) is 5.24. The monoisotopic (exact) mass is 592 g/mol. The molecule has 1 aliphatic rings. The number of aromatic nitrogens is 1. The average Bonchev–Trinajstić information content (AvgIpc) is 2.97. The Hall–Kier alpha value is -3.56. The van der Waals surface area contributed by atoms with Crippen LogP contribution in [0.15, 0.2) is 79.0 Å². The van der Waals surface area contributed by atoms with Gasteiger partial charge in [0.2, 0.25) is 0 Å². The Morgan fingerprint density at radius 2 is 1.77 bits per heavy atom. The van der Waals surface area contributed by atoms with Crippen LogP contribution in [0.1, 0.15) is 35.5 Å². The first-order valence-corrected chi connectivity index (χ1v) is 14.0. The number of ether oxygens (including phenoxy) is 1. The van der Waals surface area contributed by atoms with Gasteiger partial charge in [-0.2, -0.15) is 0 Å². The molecule has 1 aromatic heterocycles. The number of nitrogens with zero attached hydrogens (tertiary/aromatic N) is 3. The molecule has 0 radical (unpaired) electrons. The number of fused-ring (bicyclic) bond motifs is 1. The smallest absolute Gasteiger partial charge is 0.331 e. The molecular weight excluding hydrogens is 560 g/mol. The van der Waals surface area contributed by atoms with Crippen molar-refractivity contribution >= 4 is 39.4 Å². The Kier molecular flexibility index (Phi) is 9.14. The molecule has 1 aliphatic heterocycles. The number of pyridine rings is 1. The summed E-state index contributed by atoms with van der Waals surface area (Å²) < 4.78 is 6.00. The van der Waals surface area contributed by atoms with E-state index in [-0.39, 0.29) is 29.4 Å². The highest BCUT2D eigenvalue weighted by Crippen LogP contribution is 2.35. The number of amides is 2. The number of carbonyl (C=O) groups excluding carboxylic acids is 3. The molecule has 4 rings (SSSR count). The molecule has 0 spiro atoms. The normalized spacial score (nSPS) is 18.4. The van der Waals surface area contributed by atoms with Crippen LogP contribution < -0.4 is 10.2 Å². The van der Waals surface area contributed by atoms with Gasteiger partial charge in [-0.15, -0.1) is 0 Å². The van der Waals surface area contributed by atoms with Crippen molar-refractivity contribution in [3.8, 4) is 0 Å². The summed E-state index contributed by atoms with van der Waals surface area (Å²) in [7, 11) is 1.92. The van der Waals surface area contributed by atoms with Gasteiger partial charge in [-0.1, -0.05) is 64.5 Å². The molecule has 1 N–H and O–H groups in total. The van der Waals surface area contributed by atoms with E-state index in [1.165, 1.54) is 6.20 Å². The Morgan fingerprint density at radius 3 is 2.46 bits per heavy atom. The van der Waals surface area contributed by atoms with Gasteiger partial charge < -0.3 is 15.0 Å². The zero-order chi connectivity index (χ0) is 28.0. The Labute approximate surface area is 237 Å². The van der Waals surface area contributed by atoms with Crippen LogP contribution in [0.25, 0.3) is 0 Å². The predicted molar refractivity (Wildman–Crippen MR) is 154 cm³/mol. The van der Waals surface area contributed by atoms with Crippen LogP contribution >= 0.6 is 15.9 Å². The average molecular weight is 594 g/mol. The second kappa shape index (κ2) is 12.5. The molecule has 0 saturated carbocycles. The molecule has 204 valence electrons. The Morgan fingerprint density at radius 1 is 1.08 bits per heavy atom. The van der Waals surface area contributed by atoms with Gasteiger partial charge in [-0.3, -0.25) is 19.5 Å². The van der Waals surface area contributed by atoms with Gasteiger partial charge >= 0.3 is 5.97 Å². The molecule has 2 amide bonds. The van der Waals surface area contributed by atoms with E-state index in [0.29, 0.717) is 5.69 Å². The number of anilines is 1. The third kappa shape index (κ3) is 6.20. The second-order valence-electron chi connectivity index (χ2n) is 9.80. The molecule has 2 heterocycles. The van der Waals surface area contributed by atoms with Crippen molar-refractivity contribution in [2.24, 2.45) is 0 Å². The Balaban J connectivity index is 1.53. The number of likely N-dealkylation sites (N-methyl/N-ethyl adjacent to an activating group) is 1. The van der Waals surface area contributed by atoms with Crippen LogP contribution in [0.5, 0.6) is 0 Å². The third-order valence-corrected chi connectivity index (χ3v) is 7.80. The molecule has 0 saturated heterocycles. The van der Waals surface area contributed by atoms with Gasteiger partial charge in [-0.05, 0) is 62.7 Å².